The van der Waals surface area contributed by atoms with E-state index < -0.39 is 78.2 Å². The minimum absolute atomic E-state index is 0.0114. The summed E-state index contributed by atoms with van der Waals surface area (Å²) < 4.78 is 159. The summed E-state index contributed by atoms with van der Waals surface area (Å²) in [5.74, 6) is -4.03. The van der Waals surface area contributed by atoms with Crippen LogP contribution in [0.4, 0.5) is 4.39 Å². The lowest BCUT2D eigenvalue weighted by atomic mass is 9.91. The Labute approximate surface area is 336 Å². The molecular weight excluding hydrogens is 759 g/mol. The van der Waals surface area contributed by atoms with Crippen molar-refractivity contribution in [1.82, 2.24) is 19.3 Å². The highest BCUT2D eigenvalue weighted by molar-refractivity contribution is 7.89. The number of Topliss-reactive ketones (excluding diaryl/α,β-unsaturated/α-hetero) is 1. The van der Waals surface area contributed by atoms with Crippen LogP contribution in [0.1, 0.15) is 61.2 Å². The number of aliphatic imine (C=N–C) groups is 1. The third-order valence-electron chi connectivity index (χ3n) is 7.85. The van der Waals surface area contributed by atoms with Crippen LogP contribution in [0.2, 0.25) is 0 Å². The fourth-order valence-corrected chi connectivity index (χ4v) is 6.50. The molecule has 0 amide bonds. The summed E-state index contributed by atoms with van der Waals surface area (Å²) in [6.07, 6.45) is 2.96. The Hall–Kier alpha value is -6.28. The number of halogens is 1. The molecule has 56 heavy (non-hydrogen) atoms. The Morgan fingerprint density at radius 3 is 1.88 bits per heavy atom. The molecule has 18 nitrogen and oxygen atoms in total. The Balaban J connectivity index is 0.000000191. The zero-order valence-corrected chi connectivity index (χ0v) is 29.7. The predicted molar refractivity (Wildman–Crippen MR) is 194 cm³/mol. The first-order chi connectivity index (χ1) is 31.1. The van der Waals surface area contributed by atoms with E-state index in [9.17, 15) is 22.4 Å². The van der Waals surface area contributed by atoms with Crippen LogP contribution < -0.4 is 34.2 Å². The molecule has 0 saturated heterocycles. The summed E-state index contributed by atoms with van der Waals surface area (Å²) in [7, 11) is -2.59. The van der Waals surface area contributed by atoms with Gasteiger partial charge in [0.05, 0.1) is 53.1 Å². The van der Waals surface area contributed by atoms with Gasteiger partial charge in [-0.3, -0.25) is 9.78 Å². The SMILES string of the molecule is [2H]C1([2H])Oc2cnc(C(=O)Cc3ccc(F)c([C@]4(C)CS(=O)(=O)N(C)C(N)=N4)c3)cc2OC1([2H])[2H].[2H]C1([2H])Oc2cnc(C(=O)O)cc2OC1([2H])[2H].[2H]C1([2H])Oc2cnc(CO)cc2OC1([2H])[2H]. The molecule has 8 rings (SSSR count). The highest BCUT2D eigenvalue weighted by atomic mass is 32.2. The van der Waals surface area contributed by atoms with E-state index in [1.807, 2.05) is 0 Å². The molecule has 0 fully saturated rings. The van der Waals surface area contributed by atoms with Gasteiger partial charge in [-0.1, -0.05) is 6.07 Å². The van der Waals surface area contributed by atoms with Crippen LogP contribution in [0, 0.1) is 5.82 Å². The van der Waals surface area contributed by atoms with Crippen molar-refractivity contribution < 1.29 is 77.5 Å². The number of carbonyl (C=O) groups is 2. The van der Waals surface area contributed by atoms with E-state index in [0.29, 0.717) is 11.3 Å². The van der Waals surface area contributed by atoms with Gasteiger partial charge in [0.1, 0.15) is 56.4 Å². The first-order valence-electron chi connectivity index (χ1n) is 21.7. The molecule has 4 N–H and O–H groups in total. The van der Waals surface area contributed by atoms with Crippen molar-refractivity contribution >= 4 is 27.7 Å². The smallest absolute Gasteiger partial charge is 0.354 e. The number of carboxylic acids is 1. The average molecular weight is 809 g/mol. The molecule has 0 spiro atoms. The maximum Gasteiger partial charge on any atom is 0.354 e. The average Bonchev–Trinajstić information content (AvgIpc) is 3.21. The molecule has 0 saturated carbocycles. The maximum absolute atomic E-state index is 14.7. The van der Waals surface area contributed by atoms with Gasteiger partial charge in [-0.05, 0) is 24.6 Å². The van der Waals surface area contributed by atoms with Crippen LogP contribution in [0.3, 0.4) is 0 Å². The van der Waals surface area contributed by atoms with E-state index >= 15 is 0 Å². The zero-order chi connectivity index (χ0) is 50.8. The van der Waals surface area contributed by atoms with Crippen molar-refractivity contribution in [3.8, 4) is 34.5 Å². The monoisotopic (exact) mass is 808 g/mol. The predicted octanol–water partition coefficient (Wildman–Crippen LogP) is 2.12. The van der Waals surface area contributed by atoms with Crippen LogP contribution in [-0.4, -0.2) is 108 Å². The van der Waals surface area contributed by atoms with Crippen molar-refractivity contribution in [2.45, 2.75) is 25.5 Å². The van der Waals surface area contributed by atoms with Gasteiger partial charge >= 0.3 is 5.97 Å². The Morgan fingerprint density at radius 2 is 1.34 bits per heavy atom. The van der Waals surface area contributed by atoms with Gasteiger partial charge in [-0.15, -0.1) is 0 Å². The number of aromatic nitrogens is 3. The van der Waals surface area contributed by atoms with E-state index in [2.05, 4.69) is 19.9 Å². The fourth-order valence-electron chi connectivity index (χ4n) is 5.05. The van der Waals surface area contributed by atoms with Gasteiger partial charge < -0.3 is 44.4 Å². The van der Waals surface area contributed by atoms with Crippen LogP contribution >= 0.6 is 0 Å². The highest BCUT2D eigenvalue weighted by Crippen LogP contribution is 2.35. The van der Waals surface area contributed by atoms with Gasteiger partial charge in [-0.25, -0.2) is 36.9 Å². The summed E-state index contributed by atoms with van der Waals surface area (Å²) in [5.41, 5.74) is 4.36. The van der Waals surface area contributed by atoms with Gasteiger partial charge in [0, 0.05) is 37.2 Å². The topological polar surface area (TPSA) is 244 Å². The number of ketones is 1. The number of aliphatic hydroxyl groups excluding tert-OH is 1. The normalized spacial score (nSPS) is 27.1. The summed E-state index contributed by atoms with van der Waals surface area (Å²) in [6, 6.07) is 7.23. The lowest BCUT2D eigenvalue weighted by Gasteiger charge is -2.34. The molecule has 0 unspecified atom stereocenters. The first kappa shape index (κ1) is 26.5. The fraction of sp³-hybridized carbons (Fsp3) is 0.333. The van der Waals surface area contributed by atoms with Crippen LogP contribution in [0.15, 0.2) is 60.0 Å². The number of carboxylic acid groups (broad SMARTS) is 1. The number of fused-ring (bicyclic) bond motifs is 3. The molecule has 7 heterocycles. The second-order valence-electron chi connectivity index (χ2n) is 11.7. The number of sulfonamides is 1. The summed E-state index contributed by atoms with van der Waals surface area (Å²) in [4.78, 5) is 38.9. The van der Waals surface area contributed by atoms with Gasteiger partial charge in [0.2, 0.25) is 16.0 Å². The minimum atomic E-state index is -3.84. The van der Waals surface area contributed by atoms with Gasteiger partial charge in [0.25, 0.3) is 0 Å². The van der Waals surface area contributed by atoms with Crippen molar-refractivity contribution in [2.24, 2.45) is 10.7 Å². The molecule has 3 aromatic heterocycles. The Kier molecular flexibility index (Phi) is 7.86. The number of pyridine rings is 3. The van der Waals surface area contributed by atoms with Crippen molar-refractivity contribution in [3.63, 3.8) is 0 Å². The molecule has 0 radical (unpaired) electrons. The number of guanidine groups is 1. The van der Waals surface area contributed by atoms with E-state index in [-0.39, 0.29) is 70.4 Å². The third-order valence-corrected chi connectivity index (χ3v) is 9.80. The summed E-state index contributed by atoms with van der Waals surface area (Å²) >= 11 is 0. The van der Waals surface area contributed by atoms with E-state index in [1.54, 1.807) is 0 Å². The maximum atomic E-state index is 14.7. The molecule has 20 heteroatoms. The number of nitrogens with two attached hydrogens (primary N) is 1. The van der Waals surface area contributed by atoms with Crippen molar-refractivity contribution in [1.29, 1.82) is 0 Å². The molecule has 0 bridgehead atoms. The third kappa shape index (κ3) is 8.98. The van der Waals surface area contributed by atoms with Gasteiger partial charge in [0.15, 0.2) is 46.0 Å². The van der Waals surface area contributed by atoms with Crippen LogP contribution in [-0.2, 0) is 28.6 Å². The second-order valence-corrected chi connectivity index (χ2v) is 13.7. The minimum Gasteiger partial charge on any atom is -0.486 e. The summed E-state index contributed by atoms with van der Waals surface area (Å²) in [6.45, 7) is -15.0. The standard InChI is InChI=1S/C20H21FN4O5S.C8H7NO4.C8H9NO3/c1-20(11-31(27,28)25(2)19(22)24-20)13-7-12(3-4-14(13)21)8-16(26)15-9-17-18(10-23-15)30-6-5-29-17;10-8(11)5-3-6-7(4-9-5)13-2-1-12-6;10-5-6-3-7-8(4-9-6)12-2-1-11-7/h3-4,7,9-10H,5-6,8,11H2,1-2H3,(H2,22,24);3-4H,1-2H2,(H,10,11);3-4,10H,1-2,5H2/t20-;;/m0../s1/i5D2,6D2;2*1D2,2D2. The van der Waals surface area contributed by atoms with Gasteiger partial charge in [-0.2, -0.15) is 0 Å². The number of hydrogen-bond acceptors (Lipinski definition) is 16. The van der Waals surface area contributed by atoms with E-state index in [0.717, 1.165) is 34.9 Å². The van der Waals surface area contributed by atoms with Crippen molar-refractivity contribution in [2.75, 3.05) is 52.2 Å². The molecule has 0 aliphatic carbocycles. The number of benzene rings is 1. The molecule has 4 aromatic rings. The number of rotatable bonds is 6. The summed E-state index contributed by atoms with van der Waals surface area (Å²) in [5, 5.41) is 17.5. The number of nitrogens with zero attached hydrogens (tertiary/aromatic N) is 5. The Morgan fingerprint density at radius 1 is 0.839 bits per heavy atom. The molecule has 1 aromatic carbocycles. The molecule has 4 aliphatic rings. The number of aromatic carboxylic acids is 1. The Bertz CT molecular complexity index is 2830. The van der Waals surface area contributed by atoms with Crippen LogP contribution in [0.5, 0.6) is 34.5 Å². The molecule has 296 valence electrons. The number of hydrogen-bond donors (Lipinski definition) is 3. The number of carbonyl (C=O) groups excluding carboxylic acids is 1. The lowest BCUT2D eigenvalue weighted by molar-refractivity contribution is 0.0688. The zero-order valence-electron chi connectivity index (χ0n) is 40.9. The van der Waals surface area contributed by atoms with Crippen molar-refractivity contribution in [3.05, 3.63) is 89.0 Å². The first-order valence-corrected chi connectivity index (χ1v) is 17.4. The molecule has 4 aliphatic heterocycles. The van der Waals surface area contributed by atoms with E-state index in [4.69, 9.17) is 60.8 Å². The molecule has 1 atom stereocenters. The molecular formula is C36H37FN6O12S. The van der Waals surface area contributed by atoms with Crippen LogP contribution in [0.25, 0.3) is 0 Å². The second kappa shape index (κ2) is 16.6. The highest BCUT2D eigenvalue weighted by Gasteiger charge is 2.41. The van der Waals surface area contributed by atoms with E-state index in [1.165, 1.54) is 38.4 Å². The largest absolute Gasteiger partial charge is 0.486 e. The number of ether oxygens (including phenoxy) is 6. The quantitative estimate of drug-likeness (QED) is 0.236. The number of aliphatic hydroxyl groups is 1. The lowest BCUT2D eigenvalue weighted by Crippen LogP contribution is -2.50.